The monoisotopic (exact) mass is 520 g/mol. The number of carbonyl (C=O) groups excluding carboxylic acids is 1. The molecule has 6 nitrogen and oxygen atoms in total. The number of nitrogens with one attached hydrogen (secondary N) is 1. The van der Waals surface area contributed by atoms with Gasteiger partial charge in [-0.1, -0.05) is 59.6 Å². The number of anilines is 2. The van der Waals surface area contributed by atoms with Gasteiger partial charge in [-0.3, -0.25) is 9.10 Å². The first-order valence-electron chi connectivity index (χ1n) is 11.2. The summed E-state index contributed by atoms with van der Waals surface area (Å²) >= 11 is 6.14. The molecule has 36 heavy (non-hydrogen) atoms. The third-order valence-corrected chi connectivity index (χ3v) is 7.57. The zero-order valence-corrected chi connectivity index (χ0v) is 21.4. The van der Waals surface area contributed by atoms with Gasteiger partial charge in [0.15, 0.2) is 5.75 Å². The fourth-order valence-electron chi connectivity index (χ4n) is 3.52. The van der Waals surface area contributed by atoms with Crippen molar-refractivity contribution in [2.75, 3.05) is 16.7 Å². The van der Waals surface area contributed by atoms with Crippen molar-refractivity contribution < 1.29 is 17.9 Å². The lowest BCUT2D eigenvalue weighted by Gasteiger charge is -2.20. The minimum atomic E-state index is -3.69. The number of para-hydroxylation sites is 1. The highest BCUT2D eigenvalue weighted by molar-refractivity contribution is 7.92. The number of hydrogen-bond acceptors (Lipinski definition) is 4. The van der Waals surface area contributed by atoms with Crippen LogP contribution in [0, 0.1) is 6.92 Å². The van der Waals surface area contributed by atoms with Gasteiger partial charge >= 0.3 is 0 Å². The van der Waals surface area contributed by atoms with Crippen LogP contribution in [0.5, 0.6) is 11.5 Å². The fraction of sp³-hybridized carbons (Fsp3) is 0.107. The topological polar surface area (TPSA) is 75.7 Å². The third kappa shape index (κ3) is 6.05. The van der Waals surface area contributed by atoms with Crippen molar-refractivity contribution in [1.82, 2.24) is 0 Å². The minimum absolute atomic E-state index is 0.0893. The van der Waals surface area contributed by atoms with E-state index in [1.165, 1.54) is 11.4 Å². The molecular weight excluding hydrogens is 496 g/mol. The molecule has 0 aliphatic rings. The summed E-state index contributed by atoms with van der Waals surface area (Å²) in [4.78, 5) is 13.0. The van der Waals surface area contributed by atoms with Crippen molar-refractivity contribution in [2.24, 2.45) is 0 Å². The molecule has 0 radical (unpaired) electrons. The van der Waals surface area contributed by atoms with Gasteiger partial charge in [-0.25, -0.2) is 8.42 Å². The quantitative estimate of drug-likeness (QED) is 0.290. The summed E-state index contributed by atoms with van der Waals surface area (Å²) < 4.78 is 33.0. The van der Waals surface area contributed by atoms with E-state index in [2.05, 4.69) is 5.32 Å². The summed E-state index contributed by atoms with van der Waals surface area (Å²) in [7, 11) is -2.19. The van der Waals surface area contributed by atoms with Crippen molar-refractivity contribution in [2.45, 2.75) is 18.2 Å². The Morgan fingerprint density at radius 2 is 1.58 bits per heavy atom. The van der Waals surface area contributed by atoms with Crippen LogP contribution in [0.15, 0.2) is 102 Å². The van der Waals surface area contributed by atoms with Crippen LogP contribution >= 0.6 is 11.6 Å². The molecule has 4 aromatic carbocycles. The second-order valence-corrected chi connectivity index (χ2v) is 10.6. The van der Waals surface area contributed by atoms with Gasteiger partial charge in [0.1, 0.15) is 5.75 Å². The van der Waals surface area contributed by atoms with E-state index in [1.807, 2.05) is 37.3 Å². The van der Waals surface area contributed by atoms with Crippen LogP contribution in [-0.2, 0) is 21.2 Å². The molecule has 184 valence electrons. The summed E-state index contributed by atoms with van der Waals surface area (Å²) in [5.74, 6) is 0.844. The van der Waals surface area contributed by atoms with Gasteiger partial charge in [0, 0.05) is 12.1 Å². The van der Waals surface area contributed by atoms with E-state index >= 15 is 0 Å². The lowest BCUT2D eigenvalue weighted by Crippen LogP contribution is -2.26. The number of aryl methyl sites for hydroxylation is 1. The molecule has 1 amide bonds. The van der Waals surface area contributed by atoms with Gasteiger partial charge in [-0.05, 0) is 67.1 Å². The van der Waals surface area contributed by atoms with E-state index in [4.69, 9.17) is 16.3 Å². The molecule has 0 saturated carbocycles. The average molecular weight is 521 g/mol. The standard InChI is InChI=1S/C28H25ClN2O4S/c1-20-8-15-25(16-9-20)36(33,34)31(2)23-13-10-21(11-14-23)18-28(32)30-26-19-22(29)12-17-27(26)35-24-6-4-3-5-7-24/h3-17,19H,18H2,1-2H3,(H,30,32). The van der Waals surface area contributed by atoms with E-state index in [0.29, 0.717) is 27.9 Å². The number of benzene rings is 4. The maximum absolute atomic E-state index is 12.9. The Morgan fingerprint density at radius 1 is 0.917 bits per heavy atom. The lowest BCUT2D eigenvalue weighted by atomic mass is 10.1. The Kier molecular flexibility index (Phi) is 7.62. The summed E-state index contributed by atoms with van der Waals surface area (Å²) in [5.41, 5.74) is 2.66. The molecule has 0 spiro atoms. The first-order chi connectivity index (χ1) is 17.2. The van der Waals surface area contributed by atoms with Crippen LogP contribution in [-0.4, -0.2) is 21.4 Å². The number of amides is 1. The van der Waals surface area contributed by atoms with E-state index < -0.39 is 10.0 Å². The average Bonchev–Trinajstić information content (AvgIpc) is 2.86. The molecule has 0 bridgehead atoms. The Morgan fingerprint density at radius 3 is 2.25 bits per heavy atom. The Hall–Kier alpha value is -3.81. The number of nitrogens with zero attached hydrogens (tertiary/aromatic N) is 1. The molecular formula is C28H25ClN2O4S. The van der Waals surface area contributed by atoms with Gasteiger partial charge in [0.25, 0.3) is 10.0 Å². The number of carbonyl (C=O) groups is 1. The lowest BCUT2D eigenvalue weighted by molar-refractivity contribution is -0.115. The van der Waals surface area contributed by atoms with Crippen molar-refractivity contribution in [3.63, 3.8) is 0 Å². The Labute approximate surface area is 216 Å². The Balaban J connectivity index is 1.44. The van der Waals surface area contributed by atoms with Crippen LogP contribution in [0.3, 0.4) is 0 Å². The molecule has 0 aliphatic heterocycles. The van der Waals surface area contributed by atoms with E-state index in [1.54, 1.807) is 66.7 Å². The highest BCUT2D eigenvalue weighted by Crippen LogP contribution is 2.32. The number of sulfonamides is 1. The predicted octanol–water partition coefficient (Wildman–Crippen LogP) is 6.45. The number of halogens is 1. The predicted molar refractivity (Wildman–Crippen MR) is 144 cm³/mol. The van der Waals surface area contributed by atoms with Crippen LogP contribution in [0.2, 0.25) is 5.02 Å². The first kappa shape index (κ1) is 25.3. The van der Waals surface area contributed by atoms with Crippen LogP contribution < -0.4 is 14.4 Å². The second kappa shape index (κ2) is 10.8. The van der Waals surface area contributed by atoms with Gasteiger partial charge in [-0.2, -0.15) is 0 Å². The molecule has 4 aromatic rings. The van der Waals surface area contributed by atoms with Gasteiger partial charge in [0.2, 0.25) is 5.91 Å². The second-order valence-electron chi connectivity index (χ2n) is 8.23. The summed E-state index contributed by atoms with van der Waals surface area (Å²) in [5, 5.41) is 3.32. The zero-order chi connectivity index (χ0) is 25.7. The third-order valence-electron chi connectivity index (χ3n) is 5.53. The van der Waals surface area contributed by atoms with Crippen LogP contribution in [0.1, 0.15) is 11.1 Å². The Bertz CT molecular complexity index is 1460. The van der Waals surface area contributed by atoms with Gasteiger partial charge in [-0.15, -0.1) is 0 Å². The summed E-state index contributed by atoms with van der Waals surface area (Å²) in [6.45, 7) is 1.90. The maximum Gasteiger partial charge on any atom is 0.264 e. The molecule has 4 rings (SSSR count). The molecule has 8 heteroatoms. The molecule has 0 aliphatic carbocycles. The highest BCUT2D eigenvalue weighted by atomic mass is 35.5. The normalized spacial score (nSPS) is 11.1. The van der Waals surface area contributed by atoms with Crippen LogP contribution in [0.4, 0.5) is 11.4 Å². The van der Waals surface area contributed by atoms with Crippen molar-refractivity contribution >= 4 is 38.9 Å². The molecule has 1 N–H and O–H groups in total. The van der Waals surface area contributed by atoms with Crippen molar-refractivity contribution in [1.29, 1.82) is 0 Å². The summed E-state index contributed by atoms with van der Waals surface area (Å²) in [6.07, 6.45) is 0.0893. The molecule has 0 saturated heterocycles. The summed E-state index contributed by atoms with van der Waals surface area (Å²) in [6, 6.07) is 27.8. The smallest absolute Gasteiger partial charge is 0.264 e. The molecule has 0 aromatic heterocycles. The first-order valence-corrected chi connectivity index (χ1v) is 13.0. The SMILES string of the molecule is Cc1ccc(S(=O)(=O)N(C)c2ccc(CC(=O)Nc3cc(Cl)ccc3Oc3ccccc3)cc2)cc1. The number of ether oxygens (including phenoxy) is 1. The molecule has 0 heterocycles. The molecule has 0 fully saturated rings. The van der Waals surface area contributed by atoms with Gasteiger partial charge < -0.3 is 10.1 Å². The number of hydrogen-bond donors (Lipinski definition) is 1. The largest absolute Gasteiger partial charge is 0.455 e. The van der Waals surface area contributed by atoms with Crippen molar-refractivity contribution in [3.05, 3.63) is 113 Å². The number of rotatable bonds is 8. The highest BCUT2D eigenvalue weighted by Gasteiger charge is 2.21. The van der Waals surface area contributed by atoms with Crippen LogP contribution in [0.25, 0.3) is 0 Å². The van der Waals surface area contributed by atoms with Crippen molar-refractivity contribution in [3.8, 4) is 11.5 Å². The minimum Gasteiger partial charge on any atom is -0.455 e. The molecule has 0 atom stereocenters. The van der Waals surface area contributed by atoms with E-state index in [-0.39, 0.29) is 17.2 Å². The van der Waals surface area contributed by atoms with Gasteiger partial charge in [0.05, 0.1) is 22.7 Å². The zero-order valence-electron chi connectivity index (χ0n) is 19.8. The van der Waals surface area contributed by atoms with E-state index in [0.717, 1.165) is 11.1 Å². The maximum atomic E-state index is 12.9. The molecule has 0 unspecified atom stereocenters. The fourth-order valence-corrected chi connectivity index (χ4v) is 4.88. The van der Waals surface area contributed by atoms with E-state index in [9.17, 15) is 13.2 Å².